The monoisotopic (exact) mass is 255 g/mol. The van der Waals surface area contributed by atoms with Gasteiger partial charge in [-0.2, -0.15) is 0 Å². The zero-order valence-corrected chi connectivity index (χ0v) is 10.9. The lowest BCUT2D eigenvalue weighted by atomic mass is 10.2. The van der Waals surface area contributed by atoms with Gasteiger partial charge in [-0.3, -0.25) is 0 Å². The number of halogens is 1. The second kappa shape index (κ2) is 6.38. The van der Waals surface area contributed by atoms with Crippen molar-refractivity contribution in [3.8, 4) is 0 Å². The SMILES string of the molecule is CNCc1ccc(SCC2CCCO2)c(F)c1. The van der Waals surface area contributed by atoms with E-state index in [1.165, 1.54) is 0 Å². The van der Waals surface area contributed by atoms with E-state index < -0.39 is 0 Å². The lowest BCUT2D eigenvalue weighted by Gasteiger charge is -2.10. The Kier molecular flexibility index (Phi) is 4.83. The van der Waals surface area contributed by atoms with E-state index in [2.05, 4.69) is 5.32 Å². The largest absolute Gasteiger partial charge is 0.377 e. The predicted octanol–water partition coefficient (Wildman–Crippen LogP) is 2.82. The number of nitrogens with one attached hydrogen (secondary N) is 1. The summed E-state index contributed by atoms with van der Waals surface area (Å²) in [5, 5.41) is 3.01. The molecule has 2 nitrogen and oxygen atoms in total. The van der Waals surface area contributed by atoms with Gasteiger partial charge in [-0.05, 0) is 37.6 Å². The molecule has 0 aromatic heterocycles. The van der Waals surface area contributed by atoms with Crippen molar-refractivity contribution in [1.82, 2.24) is 5.32 Å². The Morgan fingerprint density at radius 2 is 2.41 bits per heavy atom. The van der Waals surface area contributed by atoms with Crippen LogP contribution in [-0.2, 0) is 11.3 Å². The molecule has 0 aliphatic carbocycles. The van der Waals surface area contributed by atoms with E-state index in [1.807, 2.05) is 19.2 Å². The fourth-order valence-electron chi connectivity index (χ4n) is 1.93. The second-order valence-electron chi connectivity index (χ2n) is 4.24. The molecule has 1 aliphatic rings. The summed E-state index contributed by atoms with van der Waals surface area (Å²) >= 11 is 1.55. The van der Waals surface area contributed by atoms with Gasteiger partial charge in [0, 0.05) is 23.8 Å². The first-order valence-electron chi connectivity index (χ1n) is 5.97. The van der Waals surface area contributed by atoms with Crippen molar-refractivity contribution < 1.29 is 9.13 Å². The van der Waals surface area contributed by atoms with Gasteiger partial charge in [0.2, 0.25) is 0 Å². The van der Waals surface area contributed by atoms with E-state index in [0.29, 0.717) is 12.6 Å². The predicted molar refractivity (Wildman–Crippen MR) is 68.9 cm³/mol. The van der Waals surface area contributed by atoms with Gasteiger partial charge in [-0.1, -0.05) is 6.07 Å². The molecule has 94 valence electrons. The van der Waals surface area contributed by atoms with Crippen LogP contribution in [0.2, 0.25) is 0 Å². The molecule has 4 heteroatoms. The van der Waals surface area contributed by atoms with Gasteiger partial charge in [0.25, 0.3) is 0 Å². The number of hydrogen-bond acceptors (Lipinski definition) is 3. The molecule has 0 saturated carbocycles. The van der Waals surface area contributed by atoms with Crippen LogP contribution in [0.25, 0.3) is 0 Å². The van der Waals surface area contributed by atoms with Crippen molar-refractivity contribution >= 4 is 11.8 Å². The molecular formula is C13H18FNOS. The molecule has 1 aromatic rings. The van der Waals surface area contributed by atoms with Gasteiger partial charge in [-0.15, -0.1) is 11.8 Å². The van der Waals surface area contributed by atoms with E-state index >= 15 is 0 Å². The van der Waals surface area contributed by atoms with Gasteiger partial charge in [0.05, 0.1) is 6.10 Å². The van der Waals surface area contributed by atoms with Crippen molar-refractivity contribution in [3.05, 3.63) is 29.6 Å². The maximum atomic E-state index is 13.8. The zero-order valence-electron chi connectivity index (χ0n) is 10.0. The minimum absolute atomic E-state index is 0.124. The van der Waals surface area contributed by atoms with Crippen molar-refractivity contribution in [1.29, 1.82) is 0 Å². The molecule has 0 amide bonds. The molecule has 1 N–H and O–H groups in total. The highest BCUT2D eigenvalue weighted by Crippen LogP contribution is 2.26. The fraction of sp³-hybridized carbons (Fsp3) is 0.538. The summed E-state index contributed by atoms with van der Waals surface area (Å²) in [5.74, 6) is 0.725. The fourth-order valence-corrected chi connectivity index (χ4v) is 2.92. The highest BCUT2D eigenvalue weighted by Gasteiger charge is 2.16. The lowest BCUT2D eigenvalue weighted by Crippen LogP contribution is -2.08. The van der Waals surface area contributed by atoms with Gasteiger partial charge in [0.15, 0.2) is 0 Å². The van der Waals surface area contributed by atoms with Crippen LogP contribution in [-0.4, -0.2) is 25.5 Å². The van der Waals surface area contributed by atoms with E-state index in [9.17, 15) is 4.39 Å². The molecule has 1 atom stereocenters. The summed E-state index contributed by atoms with van der Waals surface area (Å²) in [5.41, 5.74) is 0.978. The van der Waals surface area contributed by atoms with Gasteiger partial charge >= 0.3 is 0 Å². The standard InChI is InChI=1S/C13H18FNOS/c1-15-8-10-4-5-13(12(14)7-10)17-9-11-3-2-6-16-11/h4-5,7,11,15H,2-3,6,8-9H2,1H3. The molecule has 17 heavy (non-hydrogen) atoms. The van der Waals surface area contributed by atoms with Crippen LogP contribution in [0.1, 0.15) is 18.4 Å². The van der Waals surface area contributed by atoms with Gasteiger partial charge < -0.3 is 10.1 Å². The topological polar surface area (TPSA) is 21.3 Å². The summed E-state index contributed by atoms with van der Waals surface area (Å²) in [7, 11) is 1.86. The molecule has 2 rings (SSSR count). The Hall–Kier alpha value is -0.580. The molecule has 0 bridgehead atoms. The Morgan fingerprint density at radius 1 is 1.53 bits per heavy atom. The molecule has 0 radical (unpaired) electrons. The van der Waals surface area contributed by atoms with Crippen LogP contribution in [0, 0.1) is 5.82 Å². The van der Waals surface area contributed by atoms with Crippen LogP contribution in [0.4, 0.5) is 4.39 Å². The van der Waals surface area contributed by atoms with E-state index in [4.69, 9.17) is 4.74 Å². The number of rotatable bonds is 5. The molecule has 1 fully saturated rings. The zero-order chi connectivity index (χ0) is 12.1. The molecule has 1 aliphatic heterocycles. The van der Waals surface area contributed by atoms with Crippen LogP contribution >= 0.6 is 11.8 Å². The summed E-state index contributed by atoms with van der Waals surface area (Å²) in [6.45, 7) is 1.56. The molecule has 1 heterocycles. The van der Waals surface area contributed by atoms with Crippen molar-refractivity contribution in [3.63, 3.8) is 0 Å². The number of ether oxygens (including phenoxy) is 1. The molecule has 1 unspecified atom stereocenters. The third kappa shape index (κ3) is 3.69. The number of thioether (sulfide) groups is 1. The van der Waals surface area contributed by atoms with Crippen molar-refractivity contribution in [2.24, 2.45) is 0 Å². The summed E-state index contributed by atoms with van der Waals surface area (Å²) in [6, 6.07) is 5.44. The molecule has 0 spiro atoms. The van der Waals surface area contributed by atoms with E-state index in [1.54, 1.807) is 17.8 Å². The van der Waals surface area contributed by atoms with Gasteiger partial charge in [0.1, 0.15) is 5.82 Å². The Morgan fingerprint density at radius 3 is 3.06 bits per heavy atom. The molecule has 1 saturated heterocycles. The summed E-state index contributed by atoms with van der Waals surface area (Å²) < 4.78 is 19.3. The highest BCUT2D eigenvalue weighted by atomic mass is 32.2. The Labute approximate surface area is 106 Å². The van der Waals surface area contributed by atoms with Crippen LogP contribution in [0.15, 0.2) is 23.1 Å². The Bertz CT molecular complexity index is 366. The average molecular weight is 255 g/mol. The van der Waals surface area contributed by atoms with E-state index in [0.717, 1.165) is 35.7 Å². The molecule has 1 aromatic carbocycles. The second-order valence-corrected chi connectivity index (χ2v) is 5.30. The third-order valence-electron chi connectivity index (χ3n) is 2.83. The minimum Gasteiger partial charge on any atom is -0.377 e. The smallest absolute Gasteiger partial charge is 0.137 e. The van der Waals surface area contributed by atoms with Crippen LogP contribution in [0.3, 0.4) is 0 Å². The van der Waals surface area contributed by atoms with Crippen molar-refractivity contribution in [2.75, 3.05) is 19.4 Å². The summed E-state index contributed by atoms with van der Waals surface area (Å²) in [4.78, 5) is 0.723. The lowest BCUT2D eigenvalue weighted by molar-refractivity contribution is 0.129. The first-order valence-corrected chi connectivity index (χ1v) is 6.95. The maximum absolute atomic E-state index is 13.8. The van der Waals surface area contributed by atoms with E-state index in [-0.39, 0.29) is 5.82 Å². The number of benzene rings is 1. The normalized spacial score (nSPS) is 19.8. The number of hydrogen-bond donors (Lipinski definition) is 1. The first-order chi connectivity index (χ1) is 8.29. The minimum atomic E-state index is -0.124. The molecular weight excluding hydrogens is 237 g/mol. The van der Waals surface area contributed by atoms with Crippen LogP contribution in [0.5, 0.6) is 0 Å². The maximum Gasteiger partial charge on any atom is 0.137 e. The Balaban J connectivity index is 1.91. The highest BCUT2D eigenvalue weighted by molar-refractivity contribution is 7.99. The third-order valence-corrected chi connectivity index (χ3v) is 4.01. The first kappa shape index (κ1) is 12.9. The quantitative estimate of drug-likeness (QED) is 0.818. The van der Waals surface area contributed by atoms with Crippen molar-refractivity contribution in [2.45, 2.75) is 30.4 Å². The summed E-state index contributed by atoms with van der Waals surface area (Å²) in [6.07, 6.45) is 2.54. The van der Waals surface area contributed by atoms with Gasteiger partial charge in [-0.25, -0.2) is 4.39 Å². The average Bonchev–Trinajstić information content (AvgIpc) is 2.81. The van der Waals surface area contributed by atoms with Crippen LogP contribution < -0.4 is 5.32 Å².